The molecule has 0 aromatic heterocycles. The third-order valence-electron chi connectivity index (χ3n) is 5.65. The number of unbranched alkanes of at least 4 members (excludes halogenated alkanes) is 1. The quantitative estimate of drug-likeness (QED) is 0.235. The van der Waals surface area contributed by atoms with Crippen LogP contribution in [0.15, 0.2) is 4.99 Å². The molecule has 2 saturated carbocycles. The van der Waals surface area contributed by atoms with E-state index in [0.29, 0.717) is 11.3 Å². The average molecular weight is 484 g/mol. The van der Waals surface area contributed by atoms with E-state index in [0.717, 1.165) is 37.0 Å². The van der Waals surface area contributed by atoms with Gasteiger partial charge in [0.15, 0.2) is 5.96 Å². The molecule has 3 atom stereocenters. The Labute approximate surface area is 174 Å². The van der Waals surface area contributed by atoms with Crippen LogP contribution in [0.4, 0.5) is 0 Å². The minimum atomic E-state index is -0.661. The van der Waals surface area contributed by atoms with E-state index < -0.39 is 10.8 Å². The molecular formula is C19H38IN3OS. The predicted octanol–water partition coefficient (Wildman–Crippen LogP) is 4.21. The maximum Gasteiger partial charge on any atom is 0.191 e. The van der Waals surface area contributed by atoms with Crippen LogP contribution in [0, 0.1) is 5.92 Å². The molecule has 0 amide bonds. The lowest BCUT2D eigenvalue weighted by Crippen LogP contribution is -2.46. The SMILES string of the molecule is CCS(=O)C1CCCC(NC(=NC)NCCCCC2CCCC2)C1.I. The first-order valence-electron chi connectivity index (χ1n) is 10.1. The van der Waals surface area contributed by atoms with E-state index >= 15 is 0 Å². The van der Waals surface area contributed by atoms with Gasteiger partial charge in [0.25, 0.3) is 0 Å². The lowest BCUT2D eigenvalue weighted by Gasteiger charge is -2.30. The summed E-state index contributed by atoms with van der Waals surface area (Å²) < 4.78 is 12.1. The zero-order valence-electron chi connectivity index (χ0n) is 16.1. The van der Waals surface area contributed by atoms with Crippen molar-refractivity contribution in [3.8, 4) is 0 Å². The van der Waals surface area contributed by atoms with E-state index in [1.807, 2.05) is 14.0 Å². The van der Waals surface area contributed by atoms with Crippen LogP contribution in [0.1, 0.15) is 77.6 Å². The molecule has 0 heterocycles. The molecule has 0 radical (unpaired) electrons. The highest BCUT2D eigenvalue weighted by atomic mass is 127. The summed E-state index contributed by atoms with van der Waals surface area (Å²) in [5.41, 5.74) is 0. The highest BCUT2D eigenvalue weighted by Gasteiger charge is 2.26. The highest BCUT2D eigenvalue weighted by molar-refractivity contribution is 14.0. The molecule has 2 aliphatic rings. The van der Waals surface area contributed by atoms with Crippen molar-refractivity contribution >= 4 is 40.7 Å². The van der Waals surface area contributed by atoms with Crippen LogP contribution in [0.25, 0.3) is 0 Å². The van der Waals surface area contributed by atoms with Crippen molar-refractivity contribution in [3.63, 3.8) is 0 Å². The van der Waals surface area contributed by atoms with Crippen molar-refractivity contribution in [2.45, 2.75) is 88.8 Å². The largest absolute Gasteiger partial charge is 0.356 e. The molecule has 0 bridgehead atoms. The van der Waals surface area contributed by atoms with Crippen LogP contribution in [0.2, 0.25) is 0 Å². The van der Waals surface area contributed by atoms with Crippen LogP contribution in [-0.2, 0) is 10.8 Å². The van der Waals surface area contributed by atoms with E-state index in [4.69, 9.17) is 0 Å². The second-order valence-electron chi connectivity index (χ2n) is 7.44. The first-order chi connectivity index (χ1) is 11.7. The summed E-state index contributed by atoms with van der Waals surface area (Å²) in [7, 11) is 1.18. The molecule has 0 aromatic rings. The molecule has 3 unspecified atom stereocenters. The molecule has 25 heavy (non-hydrogen) atoms. The number of aliphatic imine (C=N–C) groups is 1. The fourth-order valence-electron chi connectivity index (χ4n) is 4.20. The second kappa shape index (κ2) is 13.3. The van der Waals surface area contributed by atoms with E-state index in [9.17, 15) is 4.21 Å². The van der Waals surface area contributed by atoms with Crippen molar-refractivity contribution in [1.29, 1.82) is 0 Å². The standard InChI is InChI=1S/C19H37N3OS.HI/c1-3-24(23)18-13-8-12-17(15-18)22-19(20-2)21-14-7-6-11-16-9-4-5-10-16;/h16-18H,3-15H2,1-2H3,(H2,20,21,22);1H. The van der Waals surface area contributed by atoms with Crippen LogP contribution in [0.5, 0.6) is 0 Å². The molecule has 148 valence electrons. The van der Waals surface area contributed by atoms with Gasteiger partial charge in [0.2, 0.25) is 0 Å². The topological polar surface area (TPSA) is 53.5 Å². The Morgan fingerprint density at radius 3 is 2.56 bits per heavy atom. The molecule has 2 fully saturated rings. The zero-order valence-corrected chi connectivity index (χ0v) is 19.2. The molecule has 0 aliphatic heterocycles. The number of guanidine groups is 1. The summed E-state index contributed by atoms with van der Waals surface area (Å²) in [5.74, 6) is 2.70. The Morgan fingerprint density at radius 2 is 1.88 bits per heavy atom. The monoisotopic (exact) mass is 483 g/mol. The third-order valence-corrected chi connectivity index (χ3v) is 7.39. The minimum Gasteiger partial charge on any atom is -0.356 e. The van der Waals surface area contributed by atoms with E-state index in [1.165, 1.54) is 57.8 Å². The summed E-state index contributed by atoms with van der Waals surface area (Å²) in [6.45, 7) is 3.03. The summed E-state index contributed by atoms with van der Waals surface area (Å²) in [6, 6.07) is 0.420. The number of nitrogens with zero attached hydrogens (tertiary/aromatic N) is 1. The lowest BCUT2D eigenvalue weighted by molar-refractivity contribution is 0.413. The van der Waals surface area contributed by atoms with Crippen LogP contribution >= 0.6 is 24.0 Å². The van der Waals surface area contributed by atoms with Gasteiger partial charge in [-0.3, -0.25) is 9.20 Å². The number of rotatable bonds is 8. The fraction of sp³-hybridized carbons (Fsp3) is 0.947. The van der Waals surface area contributed by atoms with Crippen molar-refractivity contribution in [3.05, 3.63) is 0 Å². The van der Waals surface area contributed by atoms with Crippen molar-refractivity contribution in [2.24, 2.45) is 10.9 Å². The van der Waals surface area contributed by atoms with Gasteiger partial charge in [-0.15, -0.1) is 24.0 Å². The molecular weight excluding hydrogens is 445 g/mol. The van der Waals surface area contributed by atoms with Gasteiger partial charge in [-0.25, -0.2) is 0 Å². The van der Waals surface area contributed by atoms with Gasteiger partial charge in [-0.2, -0.15) is 0 Å². The van der Waals surface area contributed by atoms with E-state index in [2.05, 4.69) is 15.6 Å². The first-order valence-corrected chi connectivity index (χ1v) is 11.5. The zero-order chi connectivity index (χ0) is 17.2. The third kappa shape index (κ3) is 8.59. The number of hydrogen-bond acceptors (Lipinski definition) is 2. The van der Waals surface area contributed by atoms with Gasteiger partial charge in [-0.1, -0.05) is 51.9 Å². The summed E-state index contributed by atoms with van der Waals surface area (Å²) >= 11 is 0. The Hall–Kier alpha value is 0.150. The van der Waals surface area contributed by atoms with Gasteiger partial charge in [-0.05, 0) is 31.6 Å². The molecule has 0 aromatic carbocycles. The minimum absolute atomic E-state index is 0. The Bertz CT molecular complexity index is 413. The second-order valence-corrected chi connectivity index (χ2v) is 9.45. The van der Waals surface area contributed by atoms with E-state index in [-0.39, 0.29) is 24.0 Å². The number of nitrogens with one attached hydrogen (secondary N) is 2. The summed E-state index contributed by atoms with van der Waals surface area (Å²) in [4.78, 5) is 4.37. The lowest BCUT2D eigenvalue weighted by atomic mass is 9.95. The van der Waals surface area contributed by atoms with Crippen molar-refractivity contribution in [2.75, 3.05) is 19.3 Å². The predicted molar refractivity (Wildman–Crippen MR) is 120 cm³/mol. The molecule has 6 heteroatoms. The molecule has 2 N–H and O–H groups in total. The van der Waals surface area contributed by atoms with Gasteiger partial charge in [0.05, 0.1) is 0 Å². The molecule has 2 rings (SSSR count). The van der Waals surface area contributed by atoms with Crippen LogP contribution in [-0.4, -0.2) is 40.8 Å². The van der Waals surface area contributed by atoms with Gasteiger partial charge < -0.3 is 10.6 Å². The number of hydrogen-bond donors (Lipinski definition) is 2. The van der Waals surface area contributed by atoms with Gasteiger partial charge in [0, 0.05) is 41.4 Å². The molecule has 0 spiro atoms. The molecule has 2 aliphatic carbocycles. The fourth-order valence-corrected chi connectivity index (χ4v) is 5.55. The highest BCUT2D eigenvalue weighted by Crippen LogP contribution is 2.28. The maximum absolute atomic E-state index is 12.1. The average Bonchev–Trinajstić information content (AvgIpc) is 3.13. The molecule has 0 saturated heterocycles. The number of halogens is 1. The normalized spacial score (nSPS) is 26.1. The van der Waals surface area contributed by atoms with Crippen LogP contribution in [0.3, 0.4) is 0 Å². The summed E-state index contributed by atoms with van der Waals surface area (Å²) in [5, 5.41) is 7.38. The first kappa shape index (κ1) is 23.2. The van der Waals surface area contributed by atoms with Crippen LogP contribution < -0.4 is 10.6 Å². The molecule has 4 nitrogen and oxygen atoms in total. The Morgan fingerprint density at radius 1 is 1.12 bits per heavy atom. The van der Waals surface area contributed by atoms with Gasteiger partial charge >= 0.3 is 0 Å². The van der Waals surface area contributed by atoms with Gasteiger partial charge in [0.1, 0.15) is 0 Å². The van der Waals surface area contributed by atoms with Crippen molar-refractivity contribution < 1.29 is 4.21 Å². The summed E-state index contributed by atoms with van der Waals surface area (Å²) in [6.07, 6.45) is 14.2. The smallest absolute Gasteiger partial charge is 0.191 e. The Kier molecular flexibility index (Phi) is 12.4. The van der Waals surface area contributed by atoms with E-state index in [1.54, 1.807) is 0 Å². The maximum atomic E-state index is 12.1. The Balaban J connectivity index is 0.00000312. The van der Waals surface area contributed by atoms with Crippen molar-refractivity contribution in [1.82, 2.24) is 10.6 Å².